The summed E-state index contributed by atoms with van der Waals surface area (Å²) < 4.78 is 17.9. The number of hydrogen-bond acceptors (Lipinski definition) is 4. The van der Waals surface area contributed by atoms with Crippen LogP contribution in [0.15, 0.2) is 54.6 Å². The van der Waals surface area contributed by atoms with Gasteiger partial charge < -0.3 is 24.8 Å². The largest absolute Gasteiger partial charge is 0.370 e. The van der Waals surface area contributed by atoms with Gasteiger partial charge in [0.1, 0.15) is 18.3 Å². The lowest BCUT2D eigenvalue weighted by Crippen LogP contribution is -2.45. The van der Waals surface area contributed by atoms with Crippen molar-refractivity contribution in [3.05, 3.63) is 65.2 Å². The summed E-state index contributed by atoms with van der Waals surface area (Å²) in [5.41, 5.74) is 2.02. The highest BCUT2D eigenvalue weighted by molar-refractivity contribution is 7.80. The van der Waals surface area contributed by atoms with Gasteiger partial charge in [0, 0.05) is 10.7 Å². The van der Waals surface area contributed by atoms with Gasteiger partial charge in [-0.25, -0.2) is 0 Å². The summed E-state index contributed by atoms with van der Waals surface area (Å²) in [4.78, 5) is 0. The number of benzene rings is 2. The molecule has 0 bridgehead atoms. The molecule has 0 amide bonds. The van der Waals surface area contributed by atoms with Crippen molar-refractivity contribution in [2.75, 3.05) is 18.5 Å². The lowest BCUT2D eigenvalue weighted by atomic mass is 10.1. The van der Waals surface area contributed by atoms with Gasteiger partial charge >= 0.3 is 0 Å². The average molecular weight is 405 g/mol. The third-order valence-corrected chi connectivity index (χ3v) is 5.21. The van der Waals surface area contributed by atoms with Crippen molar-refractivity contribution in [1.82, 2.24) is 5.32 Å². The summed E-state index contributed by atoms with van der Waals surface area (Å²) in [6.07, 6.45) is -0.222. The Kier molecular flexibility index (Phi) is 5.90. The lowest BCUT2D eigenvalue weighted by molar-refractivity contribution is -0.0391. The Balaban J connectivity index is 1.28. The summed E-state index contributed by atoms with van der Waals surface area (Å²) in [5.74, 6) is 0. The number of nitrogens with one attached hydrogen (secondary N) is 2. The van der Waals surface area contributed by atoms with Crippen LogP contribution in [-0.2, 0) is 20.8 Å². The number of halogens is 1. The molecular formula is C20H21ClN2O3S. The van der Waals surface area contributed by atoms with Crippen LogP contribution >= 0.6 is 23.8 Å². The summed E-state index contributed by atoms with van der Waals surface area (Å²) in [6, 6.07) is 17.5. The summed E-state index contributed by atoms with van der Waals surface area (Å²) in [5, 5.41) is 7.66. The Morgan fingerprint density at radius 2 is 1.78 bits per heavy atom. The fourth-order valence-corrected chi connectivity index (χ4v) is 3.77. The molecule has 2 aromatic rings. The molecule has 2 heterocycles. The second kappa shape index (κ2) is 8.54. The van der Waals surface area contributed by atoms with Crippen molar-refractivity contribution >= 4 is 34.6 Å². The Hall–Kier alpha value is -1.70. The van der Waals surface area contributed by atoms with Crippen LogP contribution in [0.2, 0.25) is 5.02 Å². The van der Waals surface area contributed by atoms with E-state index in [0.29, 0.717) is 30.0 Å². The van der Waals surface area contributed by atoms with E-state index in [0.717, 1.165) is 11.3 Å². The van der Waals surface area contributed by atoms with E-state index in [2.05, 4.69) is 10.6 Å². The van der Waals surface area contributed by atoms with E-state index >= 15 is 0 Å². The maximum absolute atomic E-state index is 6.02. The molecule has 5 nitrogen and oxygen atoms in total. The van der Waals surface area contributed by atoms with E-state index in [1.807, 2.05) is 54.6 Å². The second-order valence-electron chi connectivity index (χ2n) is 6.64. The molecule has 2 aliphatic rings. The van der Waals surface area contributed by atoms with Crippen LogP contribution in [0.5, 0.6) is 0 Å². The molecule has 4 unspecified atom stereocenters. The monoisotopic (exact) mass is 404 g/mol. The Morgan fingerprint density at radius 1 is 1.04 bits per heavy atom. The lowest BCUT2D eigenvalue weighted by Gasteiger charge is -2.20. The molecule has 2 N–H and O–H groups in total. The first-order valence-corrected chi connectivity index (χ1v) is 9.69. The summed E-state index contributed by atoms with van der Waals surface area (Å²) >= 11 is 11.3. The van der Waals surface area contributed by atoms with E-state index in [9.17, 15) is 0 Å². The van der Waals surface area contributed by atoms with E-state index in [-0.39, 0.29) is 24.4 Å². The molecule has 2 saturated heterocycles. The van der Waals surface area contributed by atoms with Gasteiger partial charge in [0.15, 0.2) is 5.11 Å². The van der Waals surface area contributed by atoms with E-state index < -0.39 is 0 Å². The Morgan fingerprint density at radius 3 is 2.56 bits per heavy atom. The highest BCUT2D eigenvalue weighted by atomic mass is 35.5. The standard InChI is InChI=1S/C20H21ClN2O3S/c21-14-6-8-15(9-7-14)22-20(27)23-16-11-25-19-17(12-26-18(16)19)24-10-13-4-2-1-3-5-13/h1-9,16-19H,10-12H2,(H2,22,23,27). The van der Waals surface area contributed by atoms with Crippen molar-refractivity contribution in [2.24, 2.45) is 0 Å². The van der Waals surface area contributed by atoms with E-state index in [4.69, 9.17) is 38.0 Å². The van der Waals surface area contributed by atoms with Crippen LogP contribution in [0.1, 0.15) is 5.56 Å². The van der Waals surface area contributed by atoms with Crippen LogP contribution in [-0.4, -0.2) is 42.7 Å². The van der Waals surface area contributed by atoms with Gasteiger partial charge in [-0.1, -0.05) is 41.9 Å². The first-order valence-electron chi connectivity index (χ1n) is 8.91. The highest BCUT2D eigenvalue weighted by Gasteiger charge is 2.48. The van der Waals surface area contributed by atoms with Crippen LogP contribution in [0.3, 0.4) is 0 Å². The summed E-state index contributed by atoms with van der Waals surface area (Å²) in [6.45, 7) is 1.61. The second-order valence-corrected chi connectivity index (χ2v) is 7.49. The van der Waals surface area contributed by atoms with Gasteiger partial charge in [-0.15, -0.1) is 0 Å². The molecule has 27 heavy (non-hydrogen) atoms. The van der Waals surface area contributed by atoms with Gasteiger partial charge in [0.05, 0.1) is 25.9 Å². The van der Waals surface area contributed by atoms with Crippen molar-refractivity contribution in [2.45, 2.75) is 31.0 Å². The number of ether oxygens (including phenoxy) is 3. The zero-order valence-corrected chi connectivity index (χ0v) is 16.2. The maximum Gasteiger partial charge on any atom is 0.171 e. The van der Waals surface area contributed by atoms with Crippen LogP contribution in [0, 0.1) is 0 Å². The topological polar surface area (TPSA) is 51.8 Å². The van der Waals surface area contributed by atoms with Gasteiger partial charge in [-0.2, -0.15) is 0 Å². The molecule has 0 saturated carbocycles. The highest BCUT2D eigenvalue weighted by Crippen LogP contribution is 2.29. The molecule has 2 aliphatic heterocycles. The minimum absolute atomic E-state index is 0.00683. The average Bonchev–Trinajstić information content (AvgIpc) is 3.26. The van der Waals surface area contributed by atoms with Crippen molar-refractivity contribution in [3.63, 3.8) is 0 Å². The third kappa shape index (κ3) is 4.59. The molecule has 2 fully saturated rings. The molecule has 0 spiro atoms. The molecule has 0 aliphatic carbocycles. The molecule has 7 heteroatoms. The predicted molar refractivity (Wildman–Crippen MR) is 109 cm³/mol. The number of thiocarbonyl (C=S) groups is 1. The number of rotatable bonds is 5. The van der Waals surface area contributed by atoms with E-state index in [1.165, 1.54) is 0 Å². The first-order chi connectivity index (χ1) is 13.2. The Bertz CT molecular complexity index is 775. The number of hydrogen-bond donors (Lipinski definition) is 2. The summed E-state index contributed by atoms with van der Waals surface area (Å²) in [7, 11) is 0. The molecular weight excluding hydrogens is 384 g/mol. The minimum atomic E-state index is -0.0791. The predicted octanol–water partition coefficient (Wildman–Crippen LogP) is 3.38. The fraction of sp³-hybridized carbons (Fsp3) is 0.350. The van der Waals surface area contributed by atoms with Gasteiger partial charge in [0.2, 0.25) is 0 Å². The van der Waals surface area contributed by atoms with E-state index in [1.54, 1.807) is 0 Å². The van der Waals surface area contributed by atoms with Crippen molar-refractivity contribution < 1.29 is 14.2 Å². The SMILES string of the molecule is S=C(Nc1ccc(Cl)cc1)NC1COC2C(OCc3ccccc3)COC12. The third-order valence-electron chi connectivity index (χ3n) is 4.73. The molecule has 0 radical (unpaired) electrons. The van der Waals surface area contributed by atoms with Gasteiger partial charge in [-0.05, 0) is 42.0 Å². The first kappa shape index (κ1) is 18.7. The van der Waals surface area contributed by atoms with Crippen molar-refractivity contribution in [3.8, 4) is 0 Å². The van der Waals surface area contributed by atoms with Crippen molar-refractivity contribution in [1.29, 1.82) is 0 Å². The van der Waals surface area contributed by atoms with Gasteiger partial charge in [-0.3, -0.25) is 0 Å². The molecule has 0 aromatic heterocycles. The maximum atomic E-state index is 6.02. The van der Waals surface area contributed by atoms with Crippen LogP contribution in [0.25, 0.3) is 0 Å². The smallest absolute Gasteiger partial charge is 0.171 e. The van der Waals surface area contributed by atoms with Crippen LogP contribution in [0.4, 0.5) is 5.69 Å². The normalized spacial score (nSPS) is 26.6. The quantitative estimate of drug-likeness (QED) is 0.745. The zero-order valence-electron chi connectivity index (χ0n) is 14.6. The zero-order chi connectivity index (χ0) is 18.6. The van der Waals surface area contributed by atoms with Gasteiger partial charge in [0.25, 0.3) is 0 Å². The van der Waals surface area contributed by atoms with Crippen LogP contribution < -0.4 is 10.6 Å². The Labute approximate surface area is 168 Å². The molecule has 4 rings (SSSR count). The molecule has 2 aromatic carbocycles. The number of anilines is 1. The fourth-order valence-electron chi connectivity index (χ4n) is 3.38. The molecule has 142 valence electrons. The number of fused-ring (bicyclic) bond motifs is 1. The molecule has 4 atom stereocenters. The minimum Gasteiger partial charge on any atom is -0.370 e.